The van der Waals surface area contributed by atoms with E-state index in [1.807, 2.05) is 0 Å². The zero-order valence-corrected chi connectivity index (χ0v) is 9.47. The normalized spacial score (nSPS) is 11.6. The highest BCUT2D eigenvalue weighted by Gasteiger charge is 2.15. The van der Waals surface area contributed by atoms with Gasteiger partial charge in [0.25, 0.3) is 0 Å². The summed E-state index contributed by atoms with van der Waals surface area (Å²) in [5.74, 6) is -0.374. The maximum Gasteiger partial charge on any atom is 0.241 e. The molecule has 0 saturated carbocycles. The number of carbonyl (C=O) groups excluding carboxylic acids is 2. The van der Waals surface area contributed by atoms with Crippen LogP contribution in [0.5, 0.6) is 5.75 Å². The van der Waals surface area contributed by atoms with Gasteiger partial charge in [0.1, 0.15) is 5.75 Å². The molecule has 5 N–H and O–H groups in total. The smallest absolute Gasteiger partial charge is 0.241 e. The SMILES string of the molecule is COc1ccc(NC(=O)C(N)CC(N)=O)cc1. The first-order valence-electron chi connectivity index (χ1n) is 5.01. The Morgan fingerprint density at radius 2 is 1.94 bits per heavy atom. The predicted molar refractivity (Wildman–Crippen MR) is 63.4 cm³/mol. The molecule has 1 atom stereocenters. The third-order valence-electron chi connectivity index (χ3n) is 2.12. The number of hydrogen-bond acceptors (Lipinski definition) is 4. The molecule has 0 spiro atoms. The predicted octanol–water partition coefficient (Wildman–Crippen LogP) is -0.164. The van der Waals surface area contributed by atoms with Gasteiger partial charge in [0.05, 0.1) is 19.6 Å². The van der Waals surface area contributed by atoms with Crippen molar-refractivity contribution in [1.29, 1.82) is 0 Å². The molecule has 1 aromatic carbocycles. The van der Waals surface area contributed by atoms with Crippen LogP contribution in [0.25, 0.3) is 0 Å². The molecule has 2 amide bonds. The standard InChI is InChI=1S/C11H15N3O3/c1-17-8-4-2-7(3-5-8)14-11(16)9(12)6-10(13)15/h2-5,9H,6,12H2,1H3,(H2,13,15)(H,14,16). The van der Waals surface area contributed by atoms with Crippen LogP contribution in [-0.2, 0) is 9.59 Å². The molecule has 0 aliphatic heterocycles. The minimum Gasteiger partial charge on any atom is -0.497 e. The molecular weight excluding hydrogens is 222 g/mol. The van der Waals surface area contributed by atoms with Crippen LogP contribution < -0.4 is 21.5 Å². The number of primary amides is 1. The number of hydrogen-bond donors (Lipinski definition) is 3. The van der Waals surface area contributed by atoms with E-state index in [2.05, 4.69) is 5.32 Å². The molecule has 0 radical (unpaired) electrons. The van der Waals surface area contributed by atoms with E-state index < -0.39 is 17.9 Å². The Kier molecular flexibility index (Phi) is 4.47. The van der Waals surface area contributed by atoms with E-state index in [9.17, 15) is 9.59 Å². The van der Waals surface area contributed by atoms with E-state index >= 15 is 0 Å². The van der Waals surface area contributed by atoms with Gasteiger partial charge in [0.2, 0.25) is 11.8 Å². The second-order valence-corrected chi connectivity index (χ2v) is 3.49. The summed E-state index contributed by atoms with van der Waals surface area (Å²) in [5.41, 5.74) is 11.0. The summed E-state index contributed by atoms with van der Waals surface area (Å²) in [5, 5.41) is 2.57. The van der Waals surface area contributed by atoms with Crippen LogP contribution in [0.2, 0.25) is 0 Å². The lowest BCUT2D eigenvalue weighted by Crippen LogP contribution is -2.38. The van der Waals surface area contributed by atoms with Crippen molar-refractivity contribution in [1.82, 2.24) is 0 Å². The van der Waals surface area contributed by atoms with Crippen molar-refractivity contribution < 1.29 is 14.3 Å². The molecule has 17 heavy (non-hydrogen) atoms. The molecule has 0 fully saturated rings. The first-order chi connectivity index (χ1) is 8.02. The Hall–Kier alpha value is -2.08. The highest BCUT2D eigenvalue weighted by atomic mass is 16.5. The number of nitrogens with one attached hydrogen (secondary N) is 1. The van der Waals surface area contributed by atoms with Crippen molar-refractivity contribution in [2.24, 2.45) is 11.5 Å². The van der Waals surface area contributed by atoms with Gasteiger partial charge in [-0.25, -0.2) is 0 Å². The third-order valence-corrected chi connectivity index (χ3v) is 2.12. The van der Waals surface area contributed by atoms with E-state index in [4.69, 9.17) is 16.2 Å². The van der Waals surface area contributed by atoms with Gasteiger partial charge in [-0.15, -0.1) is 0 Å². The first kappa shape index (κ1) is 13.0. The fraction of sp³-hybridized carbons (Fsp3) is 0.273. The number of anilines is 1. The maximum atomic E-state index is 11.5. The van der Waals surface area contributed by atoms with Gasteiger partial charge in [0, 0.05) is 5.69 Å². The van der Waals surface area contributed by atoms with Gasteiger partial charge >= 0.3 is 0 Å². The van der Waals surface area contributed by atoms with Crippen molar-refractivity contribution in [3.63, 3.8) is 0 Å². The molecule has 6 heteroatoms. The van der Waals surface area contributed by atoms with Gasteiger partial charge < -0.3 is 21.5 Å². The van der Waals surface area contributed by atoms with E-state index in [0.29, 0.717) is 11.4 Å². The fourth-order valence-corrected chi connectivity index (χ4v) is 1.22. The van der Waals surface area contributed by atoms with Gasteiger partial charge in [-0.3, -0.25) is 9.59 Å². The van der Waals surface area contributed by atoms with Gasteiger partial charge in [-0.05, 0) is 24.3 Å². The average molecular weight is 237 g/mol. The van der Waals surface area contributed by atoms with E-state index in [1.54, 1.807) is 31.4 Å². The van der Waals surface area contributed by atoms with Crippen LogP contribution in [0.3, 0.4) is 0 Å². The lowest BCUT2D eigenvalue weighted by atomic mass is 10.2. The average Bonchev–Trinajstić information content (AvgIpc) is 2.29. The van der Waals surface area contributed by atoms with Crippen LogP contribution in [0.1, 0.15) is 6.42 Å². The minimum atomic E-state index is -0.936. The Morgan fingerprint density at radius 1 is 1.35 bits per heavy atom. The molecule has 0 saturated heterocycles. The zero-order chi connectivity index (χ0) is 12.8. The van der Waals surface area contributed by atoms with E-state index in [-0.39, 0.29) is 6.42 Å². The van der Waals surface area contributed by atoms with Gasteiger partial charge in [-0.2, -0.15) is 0 Å². The Bertz CT molecular complexity index is 403. The summed E-state index contributed by atoms with van der Waals surface area (Å²) in [4.78, 5) is 22.1. The fourth-order valence-electron chi connectivity index (χ4n) is 1.22. The molecule has 0 heterocycles. The first-order valence-corrected chi connectivity index (χ1v) is 5.01. The molecular formula is C11H15N3O3. The molecule has 1 rings (SSSR count). The van der Waals surface area contributed by atoms with Crippen LogP contribution in [0.15, 0.2) is 24.3 Å². The summed E-state index contributed by atoms with van der Waals surface area (Å²) >= 11 is 0. The minimum absolute atomic E-state index is 0.179. The van der Waals surface area contributed by atoms with Crippen molar-refractivity contribution in [2.45, 2.75) is 12.5 Å². The molecule has 0 bridgehead atoms. The van der Waals surface area contributed by atoms with Crippen LogP contribution in [-0.4, -0.2) is 25.0 Å². The molecule has 1 aromatic rings. The number of carbonyl (C=O) groups is 2. The van der Waals surface area contributed by atoms with E-state index in [0.717, 1.165) is 0 Å². The Balaban J connectivity index is 2.58. The van der Waals surface area contributed by atoms with E-state index in [1.165, 1.54) is 0 Å². The maximum absolute atomic E-state index is 11.5. The Morgan fingerprint density at radius 3 is 2.41 bits per heavy atom. The van der Waals surface area contributed by atoms with Crippen LogP contribution >= 0.6 is 0 Å². The zero-order valence-electron chi connectivity index (χ0n) is 9.47. The van der Waals surface area contributed by atoms with Crippen molar-refractivity contribution in [3.05, 3.63) is 24.3 Å². The van der Waals surface area contributed by atoms with Crippen molar-refractivity contribution >= 4 is 17.5 Å². The summed E-state index contributed by atoms with van der Waals surface area (Å²) in [6.45, 7) is 0. The Labute approximate surface area is 98.9 Å². The number of methoxy groups -OCH3 is 1. The molecule has 0 aromatic heterocycles. The number of amides is 2. The quantitative estimate of drug-likeness (QED) is 0.661. The topological polar surface area (TPSA) is 107 Å². The molecule has 6 nitrogen and oxygen atoms in total. The molecule has 1 unspecified atom stereocenters. The number of ether oxygens (including phenoxy) is 1. The summed E-state index contributed by atoms with van der Waals surface area (Å²) in [7, 11) is 1.55. The summed E-state index contributed by atoms with van der Waals surface area (Å²) < 4.78 is 4.98. The largest absolute Gasteiger partial charge is 0.497 e. The van der Waals surface area contributed by atoms with Gasteiger partial charge in [-0.1, -0.05) is 0 Å². The summed E-state index contributed by atoms with van der Waals surface area (Å²) in [6, 6.07) is 5.82. The third kappa shape index (κ3) is 4.12. The lowest BCUT2D eigenvalue weighted by Gasteiger charge is -2.10. The summed E-state index contributed by atoms with van der Waals surface area (Å²) in [6.07, 6.45) is -0.179. The number of nitrogens with two attached hydrogens (primary N) is 2. The molecule has 92 valence electrons. The van der Waals surface area contributed by atoms with Crippen LogP contribution in [0, 0.1) is 0 Å². The lowest BCUT2D eigenvalue weighted by molar-refractivity contribution is -0.123. The molecule has 0 aliphatic carbocycles. The second-order valence-electron chi connectivity index (χ2n) is 3.49. The highest BCUT2D eigenvalue weighted by molar-refractivity contribution is 5.97. The number of benzene rings is 1. The highest BCUT2D eigenvalue weighted by Crippen LogP contribution is 2.15. The van der Waals surface area contributed by atoms with Gasteiger partial charge in [0.15, 0.2) is 0 Å². The van der Waals surface area contributed by atoms with Crippen molar-refractivity contribution in [3.8, 4) is 5.75 Å². The monoisotopic (exact) mass is 237 g/mol. The van der Waals surface area contributed by atoms with Crippen LogP contribution in [0.4, 0.5) is 5.69 Å². The number of rotatable bonds is 5. The second kappa shape index (κ2) is 5.86. The molecule has 0 aliphatic rings. The van der Waals surface area contributed by atoms with Crippen molar-refractivity contribution in [2.75, 3.05) is 12.4 Å².